The maximum absolute atomic E-state index is 11.2. The Morgan fingerprint density at radius 1 is 1.00 bits per heavy atom. The van der Waals surface area contributed by atoms with E-state index in [4.69, 9.17) is 5.26 Å². The largest absolute Gasteiger partial charge is 0.375 e. The molecule has 0 aliphatic rings. The summed E-state index contributed by atoms with van der Waals surface area (Å²) in [6.45, 7) is 0.465. The zero-order chi connectivity index (χ0) is 19.1. The molecule has 0 amide bonds. The molecule has 3 rings (SSSR count). The summed E-state index contributed by atoms with van der Waals surface area (Å²) in [6.07, 6.45) is 0. The first-order valence-electron chi connectivity index (χ1n) is 8.34. The molecule has 3 aromatic carbocycles. The molecule has 0 heterocycles. The molecule has 134 valence electrons. The van der Waals surface area contributed by atoms with Gasteiger partial charge in [0.2, 0.25) is 0 Å². The van der Waals surface area contributed by atoms with E-state index in [9.17, 15) is 10.1 Å². The lowest BCUT2D eigenvalue weighted by Crippen LogP contribution is -2.03. The standard InChI is InChI=1S/C21H17N3O2S/c22-13-17-9-10-20(21(12-17)24(25)26)23-14-18-7-4-8-19(11-18)27-15-16-5-2-1-3-6-16/h1-12,23H,14-15H2. The first kappa shape index (κ1) is 18.5. The van der Waals surface area contributed by atoms with Crippen molar-refractivity contribution in [3.8, 4) is 6.07 Å². The second-order valence-electron chi connectivity index (χ2n) is 5.88. The average Bonchev–Trinajstić information content (AvgIpc) is 2.71. The van der Waals surface area contributed by atoms with Gasteiger partial charge in [-0.25, -0.2) is 0 Å². The number of benzene rings is 3. The first-order valence-corrected chi connectivity index (χ1v) is 9.32. The van der Waals surface area contributed by atoms with Crippen molar-refractivity contribution in [2.45, 2.75) is 17.2 Å². The number of anilines is 1. The first-order chi connectivity index (χ1) is 13.2. The van der Waals surface area contributed by atoms with Crippen LogP contribution in [-0.4, -0.2) is 4.92 Å². The Bertz CT molecular complexity index is 984. The van der Waals surface area contributed by atoms with Crippen LogP contribution >= 0.6 is 11.8 Å². The van der Waals surface area contributed by atoms with Crippen molar-refractivity contribution in [1.29, 1.82) is 5.26 Å². The number of rotatable bonds is 7. The number of thioether (sulfide) groups is 1. The van der Waals surface area contributed by atoms with E-state index in [0.717, 1.165) is 16.2 Å². The lowest BCUT2D eigenvalue weighted by Gasteiger charge is -2.09. The predicted molar refractivity (Wildman–Crippen MR) is 108 cm³/mol. The molecule has 0 aliphatic carbocycles. The molecule has 0 saturated heterocycles. The molecule has 0 radical (unpaired) electrons. The summed E-state index contributed by atoms with van der Waals surface area (Å²) in [7, 11) is 0. The smallest absolute Gasteiger partial charge is 0.293 e. The van der Waals surface area contributed by atoms with E-state index in [1.54, 1.807) is 23.9 Å². The lowest BCUT2D eigenvalue weighted by molar-refractivity contribution is -0.384. The predicted octanol–water partition coefficient (Wildman–Crippen LogP) is 5.37. The fourth-order valence-corrected chi connectivity index (χ4v) is 3.52. The van der Waals surface area contributed by atoms with Gasteiger partial charge < -0.3 is 5.32 Å². The van der Waals surface area contributed by atoms with Gasteiger partial charge in [-0.2, -0.15) is 5.26 Å². The van der Waals surface area contributed by atoms with Crippen LogP contribution in [0.2, 0.25) is 0 Å². The highest BCUT2D eigenvalue weighted by molar-refractivity contribution is 7.98. The third-order valence-electron chi connectivity index (χ3n) is 3.95. The summed E-state index contributed by atoms with van der Waals surface area (Å²) < 4.78 is 0. The van der Waals surface area contributed by atoms with Gasteiger partial charge in [0.05, 0.1) is 16.6 Å². The summed E-state index contributed by atoms with van der Waals surface area (Å²) in [6, 6.07) is 24.7. The van der Waals surface area contributed by atoms with E-state index >= 15 is 0 Å². The minimum atomic E-state index is -0.477. The van der Waals surface area contributed by atoms with Gasteiger partial charge in [0, 0.05) is 23.3 Å². The number of nitrogens with zero attached hydrogens (tertiary/aromatic N) is 2. The SMILES string of the molecule is N#Cc1ccc(NCc2cccc(SCc3ccccc3)c2)c([N+](=O)[O-])c1. The molecule has 0 aromatic heterocycles. The molecule has 3 aromatic rings. The molecule has 6 heteroatoms. The Balaban J connectivity index is 1.67. The van der Waals surface area contributed by atoms with E-state index in [1.165, 1.54) is 11.6 Å². The van der Waals surface area contributed by atoms with Crippen LogP contribution in [-0.2, 0) is 12.3 Å². The second kappa shape index (κ2) is 8.88. The number of nitriles is 1. The van der Waals surface area contributed by atoms with Gasteiger partial charge in [0.25, 0.3) is 5.69 Å². The van der Waals surface area contributed by atoms with Crippen LogP contribution in [0.25, 0.3) is 0 Å². The molecule has 0 unspecified atom stereocenters. The van der Waals surface area contributed by atoms with E-state index in [2.05, 4.69) is 29.6 Å². The Labute approximate surface area is 161 Å². The molecule has 0 fully saturated rings. The summed E-state index contributed by atoms with van der Waals surface area (Å²) in [5.74, 6) is 0.888. The summed E-state index contributed by atoms with van der Waals surface area (Å²) >= 11 is 1.75. The quantitative estimate of drug-likeness (QED) is 0.341. The number of nitro groups is 1. The number of hydrogen-bond donors (Lipinski definition) is 1. The van der Waals surface area contributed by atoms with Gasteiger partial charge in [-0.1, -0.05) is 42.5 Å². The topological polar surface area (TPSA) is 79.0 Å². The highest BCUT2D eigenvalue weighted by Crippen LogP contribution is 2.27. The number of hydrogen-bond acceptors (Lipinski definition) is 5. The third kappa shape index (κ3) is 5.09. The molecular weight excluding hydrogens is 358 g/mol. The normalized spacial score (nSPS) is 10.2. The van der Waals surface area contributed by atoms with Crippen molar-refractivity contribution in [2.75, 3.05) is 5.32 Å². The van der Waals surface area contributed by atoms with Gasteiger partial charge in [0.15, 0.2) is 0 Å². The Morgan fingerprint density at radius 3 is 2.52 bits per heavy atom. The minimum Gasteiger partial charge on any atom is -0.375 e. The molecule has 5 nitrogen and oxygen atoms in total. The Morgan fingerprint density at radius 2 is 1.78 bits per heavy atom. The second-order valence-corrected chi connectivity index (χ2v) is 6.92. The van der Waals surface area contributed by atoms with Crippen LogP contribution in [0, 0.1) is 21.4 Å². The minimum absolute atomic E-state index is 0.0938. The monoisotopic (exact) mass is 375 g/mol. The van der Waals surface area contributed by atoms with Gasteiger partial charge in [-0.05, 0) is 35.4 Å². The molecule has 0 saturated carbocycles. The van der Waals surface area contributed by atoms with Crippen LogP contribution < -0.4 is 5.32 Å². The van der Waals surface area contributed by atoms with Crippen molar-refractivity contribution in [1.82, 2.24) is 0 Å². The third-order valence-corrected chi connectivity index (χ3v) is 5.02. The zero-order valence-electron chi connectivity index (χ0n) is 14.5. The molecule has 0 aliphatic heterocycles. The fraction of sp³-hybridized carbons (Fsp3) is 0.0952. The van der Waals surface area contributed by atoms with Gasteiger partial charge in [-0.15, -0.1) is 11.8 Å². The zero-order valence-corrected chi connectivity index (χ0v) is 15.3. The Kier molecular flexibility index (Phi) is 6.08. The van der Waals surface area contributed by atoms with E-state index < -0.39 is 4.92 Å². The van der Waals surface area contributed by atoms with E-state index in [1.807, 2.05) is 36.4 Å². The summed E-state index contributed by atoms with van der Waals surface area (Å²) in [5, 5.41) is 23.2. The maximum atomic E-state index is 11.2. The van der Waals surface area contributed by atoms with Crippen molar-refractivity contribution >= 4 is 23.1 Å². The van der Waals surface area contributed by atoms with Gasteiger partial charge in [-0.3, -0.25) is 10.1 Å². The van der Waals surface area contributed by atoms with Crippen LogP contribution in [0.3, 0.4) is 0 Å². The highest BCUT2D eigenvalue weighted by atomic mass is 32.2. The maximum Gasteiger partial charge on any atom is 0.293 e. The lowest BCUT2D eigenvalue weighted by atomic mass is 10.1. The van der Waals surface area contributed by atoms with Crippen LogP contribution in [0.5, 0.6) is 0 Å². The van der Waals surface area contributed by atoms with Crippen LogP contribution in [0.15, 0.2) is 77.7 Å². The van der Waals surface area contributed by atoms with Crippen LogP contribution in [0.1, 0.15) is 16.7 Å². The Hall–Kier alpha value is -3.30. The van der Waals surface area contributed by atoms with Crippen LogP contribution in [0.4, 0.5) is 11.4 Å². The van der Waals surface area contributed by atoms with Crippen molar-refractivity contribution in [3.05, 3.63) is 99.6 Å². The molecular formula is C21H17N3O2S. The van der Waals surface area contributed by atoms with E-state index in [-0.39, 0.29) is 11.3 Å². The fourth-order valence-electron chi connectivity index (χ4n) is 2.59. The average molecular weight is 375 g/mol. The van der Waals surface area contributed by atoms with Crippen molar-refractivity contribution < 1.29 is 4.92 Å². The van der Waals surface area contributed by atoms with Gasteiger partial charge >= 0.3 is 0 Å². The molecule has 0 atom stereocenters. The summed E-state index contributed by atoms with van der Waals surface area (Å²) in [5.41, 5.74) is 2.88. The number of nitrogens with one attached hydrogen (secondary N) is 1. The highest BCUT2D eigenvalue weighted by Gasteiger charge is 2.14. The summed E-state index contributed by atoms with van der Waals surface area (Å²) in [4.78, 5) is 11.9. The molecule has 0 spiro atoms. The molecule has 0 bridgehead atoms. The van der Waals surface area contributed by atoms with E-state index in [0.29, 0.717) is 12.2 Å². The van der Waals surface area contributed by atoms with Crippen molar-refractivity contribution in [3.63, 3.8) is 0 Å². The molecule has 1 N–H and O–H groups in total. The number of nitro benzene ring substituents is 1. The molecule has 27 heavy (non-hydrogen) atoms. The van der Waals surface area contributed by atoms with Gasteiger partial charge in [0.1, 0.15) is 5.69 Å². The van der Waals surface area contributed by atoms with Crippen molar-refractivity contribution in [2.24, 2.45) is 0 Å².